The van der Waals surface area contributed by atoms with Crippen molar-refractivity contribution in [3.05, 3.63) is 35.4 Å². The molecule has 1 aromatic carbocycles. The summed E-state index contributed by atoms with van der Waals surface area (Å²) in [5, 5.41) is 10.1. The molecule has 1 rings (SSSR count). The number of carbonyl (C=O) groups is 1. The smallest absolute Gasteiger partial charge is 0.341 e. The van der Waals surface area contributed by atoms with Crippen molar-refractivity contribution in [3.8, 4) is 11.5 Å². The van der Waals surface area contributed by atoms with Crippen LogP contribution in [0.5, 0.6) is 11.5 Å². The zero-order valence-corrected chi connectivity index (χ0v) is 10.9. The SMILES string of the molecule is C=C(C)CCc1c(OC)ccc(C(=O)OC)c1O. The van der Waals surface area contributed by atoms with Crippen LogP contribution < -0.4 is 4.74 Å². The van der Waals surface area contributed by atoms with Crippen molar-refractivity contribution in [2.45, 2.75) is 19.8 Å². The Hall–Kier alpha value is -1.97. The third-order valence-corrected chi connectivity index (χ3v) is 2.67. The number of hydrogen-bond acceptors (Lipinski definition) is 4. The number of esters is 1. The summed E-state index contributed by atoms with van der Waals surface area (Å²) >= 11 is 0. The molecular formula is C14H18O4. The molecule has 4 heteroatoms. The normalized spacial score (nSPS) is 9.94. The third-order valence-electron chi connectivity index (χ3n) is 2.67. The number of rotatable bonds is 5. The van der Waals surface area contributed by atoms with Gasteiger partial charge in [-0.05, 0) is 31.9 Å². The van der Waals surface area contributed by atoms with Gasteiger partial charge >= 0.3 is 5.97 Å². The molecular weight excluding hydrogens is 232 g/mol. The summed E-state index contributed by atoms with van der Waals surface area (Å²) in [7, 11) is 2.80. The molecule has 0 spiro atoms. The van der Waals surface area contributed by atoms with Gasteiger partial charge in [0.05, 0.1) is 14.2 Å². The van der Waals surface area contributed by atoms with E-state index in [1.165, 1.54) is 20.3 Å². The summed E-state index contributed by atoms with van der Waals surface area (Å²) < 4.78 is 9.80. The molecule has 0 radical (unpaired) electrons. The number of aromatic hydroxyl groups is 1. The van der Waals surface area contributed by atoms with E-state index in [9.17, 15) is 9.90 Å². The molecule has 0 saturated carbocycles. The Morgan fingerprint density at radius 2 is 2.06 bits per heavy atom. The molecule has 0 aliphatic heterocycles. The monoisotopic (exact) mass is 250 g/mol. The summed E-state index contributed by atoms with van der Waals surface area (Å²) in [5.41, 5.74) is 1.75. The first-order chi connectivity index (χ1) is 8.51. The van der Waals surface area contributed by atoms with Gasteiger partial charge in [-0.1, -0.05) is 5.57 Å². The Balaban J connectivity index is 3.18. The number of phenolic OH excluding ortho intramolecular Hbond substituents is 1. The lowest BCUT2D eigenvalue weighted by molar-refractivity contribution is 0.0597. The van der Waals surface area contributed by atoms with E-state index in [1.807, 2.05) is 6.92 Å². The second-order valence-electron chi connectivity index (χ2n) is 4.09. The topological polar surface area (TPSA) is 55.8 Å². The van der Waals surface area contributed by atoms with Gasteiger partial charge in [-0.25, -0.2) is 4.79 Å². The van der Waals surface area contributed by atoms with E-state index in [2.05, 4.69) is 11.3 Å². The zero-order chi connectivity index (χ0) is 13.7. The molecule has 0 aliphatic rings. The van der Waals surface area contributed by atoms with Gasteiger partial charge in [0.1, 0.15) is 17.1 Å². The molecule has 1 N–H and O–H groups in total. The van der Waals surface area contributed by atoms with Gasteiger partial charge in [0.25, 0.3) is 0 Å². The van der Waals surface area contributed by atoms with E-state index in [1.54, 1.807) is 6.07 Å². The molecule has 0 fully saturated rings. The van der Waals surface area contributed by atoms with Crippen LogP contribution in [-0.2, 0) is 11.2 Å². The number of methoxy groups -OCH3 is 2. The number of allylic oxidation sites excluding steroid dienone is 1. The largest absolute Gasteiger partial charge is 0.507 e. The Morgan fingerprint density at radius 3 is 2.56 bits per heavy atom. The Kier molecular flexibility index (Phi) is 4.77. The van der Waals surface area contributed by atoms with Crippen molar-refractivity contribution in [1.29, 1.82) is 0 Å². The van der Waals surface area contributed by atoms with Crippen molar-refractivity contribution >= 4 is 5.97 Å². The molecule has 0 heterocycles. The lowest BCUT2D eigenvalue weighted by Gasteiger charge is -2.13. The molecule has 18 heavy (non-hydrogen) atoms. The highest BCUT2D eigenvalue weighted by Gasteiger charge is 2.18. The van der Waals surface area contributed by atoms with Crippen molar-refractivity contribution in [2.75, 3.05) is 14.2 Å². The van der Waals surface area contributed by atoms with Gasteiger partial charge in [-0.15, -0.1) is 6.58 Å². The summed E-state index contributed by atoms with van der Waals surface area (Å²) in [4.78, 5) is 11.5. The van der Waals surface area contributed by atoms with Gasteiger partial charge < -0.3 is 14.6 Å². The van der Waals surface area contributed by atoms with E-state index in [0.717, 1.165) is 5.57 Å². The van der Waals surface area contributed by atoms with E-state index in [0.29, 0.717) is 24.2 Å². The van der Waals surface area contributed by atoms with Crippen molar-refractivity contribution in [1.82, 2.24) is 0 Å². The van der Waals surface area contributed by atoms with Crippen molar-refractivity contribution < 1.29 is 19.4 Å². The maximum Gasteiger partial charge on any atom is 0.341 e. The highest BCUT2D eigenvalue weighted by molar-refractivity contribution is 5.93. The highest BCUT2D eigenvalue weighted by atomic mass is 16.5. The number of hydrogen-bond donors (Lipinski definition) is 1. The molecule has 4 nitrogen and oxygen atoms in total. The summed E-state index contributed by atoms with van der Waals surface area (Å²) in [5.74, 6) is -0.0874. The lowest BCUT2D eigenvalue weighted by Crippen LogP contribution is -2.04. The van der Waals surface area contributed by atoms with Crippen LogP contribution in [-0.4, -0.2) is 25.3 Å². The second-order valence-corrected chi connectivity index (χ2v) is 4.09. The Labute approximate surface area is 107 Å². The predicted molar refractivity (Wildman–Crippen MR) is 69.1 cm³/mol. The molecule has 0 unspecified atom stereocenters. The van der Waals surface area contributed by atoms with Crippen LogP contribution in [0, 0.1) is 0 Å². The van der Waals surface area contributed by atoms with Crippen LogP contribution in [0.15, 0.2) is 24.3 Å². The molecule has 0 aromatic heterocycles. The number of benzene rings is 1. The van der Waals surface area contributed by atoms with Crippen LogP contribution in [0.2, 0.25) is 0 Å². The van der Waals surface area contributed by atoms with Crippen LogP contribution >= 0.6 is 0 Å². The first kappa shape index (κ1) is 14.1. The average Bonchev–Trinajstić information content (AvgIpc) is 2.35. The molecule has 0 saturated heterocycles. The van der Waals surface area contributed by atoms with Gasteiger partial charge in [-0.3, -0.25) is 0 Å². The standard InChI is InChI=1S/C14H18O4/c1-9(2)5-6-10-12(17-3)8-7-11(13(10)15)14(16)18-4/h7-8,15H,1,5-6H2,2-4H3. The van der Waals surface area contributed by atoms with Crippen molar-refractivity contribution in [3.63, 3.8) is 0 Å². The summed E-state index contributed by atoms with van der Waals surface area (Å²) in [6.07, 6.45) is 1.28. The minimum absolute atomic E-state index is 0.0811. The second kappa shape index (κ2) is 6.10. The van der Waals surface area contributed by atoms with E-state index >= 15 is 0 Å². The Morgan fingerprint density at radius 1 is 1.39 bits per heavy atom. The molecule has 1 aromatic rings. The highest BCUT2D eigenvalue weighted by Crippen LogP contribution is 2.33. The molecule has 0 bridgehead atoms. The molecule has 0 aliphatic carbocycles. The van der Waals surface area contributed by atoms with Crippen molar-refractivity contribution in [2.24, 2.45) is 0 Å². The van der Waals surface area contributed by atoms with Crippen LogP contribution in [0.25, 0.3) is 0 Å². The molecule has 0 atom stereocenters. The third kappa shape index (κ3) is 3.03. The van der Waals surface area contributed by atoms with Gasteiger partial charge in [-0.2, -0.15) is 0 Å². The Bertz CT molecular complexity index is 463. The number of carbonyl (C=O) groups excluding carboxylic acids is 1. The first-order valence-corrected chi connectivity index (χ1v) is 5.62. The summed E-state index contributed by atoms with van der Waals surface area (Å²) in [6, 6.07) is 3.14. The maximum atomic E-state index is 11.5. The fourth-order valence-corrected chi connectivity index (χ4v) is 1.66. The van der Waals surface area contributed by atoms with E-state index in [4.69, 9.17) is 4.74 Å². The zero-order valence-electron chi connectivity index (χ0n) is 10.9. The van der Waals surface area contributed by atoms with E-state index in [-0.39, 0.29) is 11.3 Å². The summed E-state index contributed by atoms with van der Waals surface area (Å²) in [6.45, 7) is 5.73. The van der Waals surface area contributed by atoms with Gasteiger partial charge in [0.2, 0.25) is 0 Å². The van der Waals surface area contributed by atoms with E-state index < -0.39 is 5.97 Å². The molecule has 0 amide bonds. The molecule has 98 valence electrons. The maximum absolute atomic E-state index is 11.5. The van der Waals surface area contributed by atoms with Crippen LogP contribution in [0.3, 0.4) is 0 Å². The lowest BCUT2D eigenvalue weighted by atomic mass is 10.0. The van der Waals surface area contributed by atoms with Crippen LogP contribution in [0.4, 0.5) is 0 Å². The van der Waals surface area contributed by atoms with Gasteiger partial charge in [0, 0.05) is 5.56 Å². The predicted octanol–water partition coefficient (Wildman–Crippen LogP) is 2.70. The minimum Gasteiger partial charge on any atom is -0.507 e. The number of phenols is 1. The average molecular weight is 250 g/mol. The first-order valence-electron chi connectivity index (χ1n) is 5.62. The quantitative estimate of drug-likeness (QED) is 0.645. The fourth-order valence-electron chi connectivity index (χ4n) is 1.66. The van der Waals surface area contributed by atoms with Crippen LogP contribution in [0.1, 0.15) is 29.3 Å². The van der Waals surface area contributed by atoms with Gasteiger partial charge in [0.15, 0.2) is 0 Å². The number of ether oxygens (including phenoxy) is 2. The minimum atomic E-state index is -0.563. The fraction of sp³-hybridized carbons (Fsp3) is 0.357.